The summed E-state index contributed by atoms with van der Waals surface area (Å²) in [5, 5.41) is 1.15. The fourth-order valence-corrected chi connectivity index (χ4v) is 4.40. The number of unbranched alkanes of at least 4 members (excludes halogenated alkanes) is 1. The SMILES string of the molecule is CCCCc1cc(F)c(CCc2ccc3c(F)c(CCc4ccc(F)c(F)c4)ccc3c2)c(F)c1. The molecule has 0 aromatic heterocycles. The van der Waals surface area contributed by atoms with E-state index in [4.69, 9.17) is 0 Å². The maximum Gasteiger partial charge on any atom is 0.159 e. The molecular weight excluding hydrogens is 455 g/mol. The third-order valence-corrected chi connectivity index (χ3v) is 6.45. The molecule has 0 bridgehead atoms. The quantitative estimate of drug-likeness (QED) is 0.210. The average Bonchev–Trinajstić information content (AvgIpc) is 2.84. The summed E-state index contributed by atoms with van der Waals surface area (Å²) < 4.78 is 70.6. The maximum absolute atomic E-state index is 15.1. The van der Waals surface area contributed by atoms with Crippen LogP contribution in [0, 0.1) is 29.1 Å². The molecule has 0 radical (unpaired) electrons. The molecule has 0 saturated heterocycles. The van der Waals surface area contributed by atoms with Crippen LogP contribution in [0.4, 0.5) is 22.0 Å². The third-order valence-electron chi connectivity index (χ3n) is 6.45. The predicted octanol–water partition coefficient (Wildman–Crippen LogP) is 8.45. The predicted molar refractivity (Wildman–Crippen MR) is 130 cm³/mol. The Balaban J connectivity index is 1.46. The molecule has 4 aromatic carbocycles. The second-order valence-electron chi connectivity index (χ2n) is 8.98. The van der Waals surface area contributed by atoms with E-state index in [0.717, 1.165) is 30.5 Å². The summed E-state index contributed by atoms with van der Waals surface area (Å²) >= 11 is 0. The number of fused-ring (bicyclic) bond motifs is 1. The topological polar surface area (TPSA) is 0 Å². The van der Waals surface area contributed by atoms with Gasteiger partial charge in [0.1, 0.15) is 17.5 Å². The van der Waals surface area contributed by atoms with E-state index in [0.29, 0.717) is 53.1 Å². The Kier molecular flexibility index (Phi) is 7.84. The first-order valence-corrected chi connectivity index (χ1v) is 12.0. The monoisotopic (exact) mass is 482 g/mol. The molecule has 0 atom stereocenters. The second-order valence-corrected chi connectivity index (χ2v) is 8.98. The molecule has 0 unspecified atom stereocenters. The van der Waals surface area contributed by atoms with Gasteiger partial charge in [0.2, 0.25) is 0 Å². The van der Waals surface area contributed by atoms with E-state index in [1.165, 1.54) is 18.2 Å². The molecule has 0 N–H and O–H groups in total. The first-order chi connectivity index (χ1) is 16.9. The van der Waals surface area contributed by atoms with Crippen molar-refractivity contribution in [1.82, 2.24) is 0 Å². The lowest BCUT2D eigenvalue weighted by Gasteiger charge is -2.11. The van der Waals surface area contributed by atoms with Gasteiger partial charge in [-0.05, 0) is 90.4 Å². The minimum Gasteiger partial charge on any atom is -0.207 e. The van der Waals surface area contributed by atoms with Gasteiger partial charge in [0.15, 0.2) is 11.6 Å². The zero-order valence-electron chi connectivity index (χ0n) is 19.6. The molecule has 0 spiro atoms. The van der Waals surface area contributed by atoms with Gasteiger partial charge in [0, 0.05) is 10.9 Å². The van der Waals surface area contributed by atoms with Gasteiger partial charge < -0.3 is 0 Å². The summed E-state index contributed by atoms with van der Waals surface area (Å²) in [4.78, 5) is 0. The van der Waals surface area contributed by atoms with E-state index in [1.807, 2.05) is 19.1 Å². The highest BCUT2D eigenvalue weighted by Crippen LogP contribution is 2.25. The second kappa shape index (κ2) is 11.0. The third kappa shape index (κ3) is 5.90. The van der Waals surface area contributed by atoms with Crippen molar-refractivity contribution in [3.05, 3.63) is 118 Å². The molecule has 0 fully saturated rings. The van der Waals surface area contributed by atoms with E-state index < -0.39 is 23.3 Å². The number of benzene rings is 4. The number of halogens is 5. The lowest BCUT2D eigenvalue weighted by molar-refractivity contribution is 0.507. The van der Waals surface area contributed by atoms with Crippen molar-refractivity contribution in [3.8, 4) is 0 Å². The lowest BCUT2D eigenvalue weighted by Crippen LogP contribution is -2.01. The van der Waals surface area contributed by atoms with Gasteiger partial charge >= 0.3 is 0 Å². The van der Waals surface area contributed by atoms with Crippen molar-refractivity contribution in [2.24, 2.45) is 0 Å². The van der Waals surface area contributed by atoms with Crippen LogP contribution in [0.25, 0.3) is 10.8 Å². The van der Waals surface area contributed by atoms with Crippen molar-refractivity contribution in [3.63, 3.8) is 0 Å². The molecule has 0 aliphatic heterocycles. The van der Waals surface area contributed by atoms with Crippen LogP contribution < -0.4 is 0 Å². The van der Waals surface area contributed by atoms with Gasteiger partial charge in [-0.1, -0.05) is 49.7 Å². The first-order valence-electron chi connectivity index (χ1n) is 12.0. The van der Waals surface area contributed by atoms with Crippen molar-refractivity contribution in [1.29, 1.82) is 0 Å². The number of rotatable bonds is 9. The van der Waals surface area contributed by atoms with Crippen molar-refractivity contribution in [2.75, 3.05) is 0 Å². The first kappa shape index (κ1) is 24.9. The van der Waals surface area contributed by atoms with Crippen LogP contribution in [0.1, 0.15) is 47.6 Å². The van der Waals surface area contributed by atoms with E-state index in [1.54, 1.807) is 18.2 Å². The van der Waals surface area contributed by atoms with Crippen molar-refractivity contribution >= 4 is 10.8 Å². The van der Waals surface area contributed by atoms with Crippen LogP contribution in [0.3, 0.4) is 0 Å². The minimum absolute atomic E-state index is 0.0732. The highest BCUT2D eigenvalue weighted by atomic mass is 19.2. The zero-order chi connectivity index (χ0) is 24.9. The van der Waals surface area contributed by atoms with Crippen LogP contribution in [0.5, 0.6) is 0 Å². The normalized spacial score (nSPS) is 11.4. The van der Waals surface area contributed by atoms with Gasteiger partial charge in [-0.15, -0.1) is 0 Å². The summed E-state index contributed by atoms with van der Waals surface area (Å²) in [7, 11) is 0. The minimum atomic E-state index is -0.916. The summed E-state index contributed by atoms with van der Waals surface area (Å²) in [6, 6.07) is 15.3. The molecular formula is C30H27F5. The smallest absolute Gasteiger partial charge is 0.159 e. The Morgan fingerprint density at radius 2 is 1.20 bits per heavy atom. The zero-order valence-corrected chi connectivity index (χ0v) is 19.6. The Morgan fingerprint density at radius 1 is 0.543 bits per heavy atom. The molecule has 35 heavy (non-hydrogen) atoms. The van der Waals surface area contributed by atoms with Crippen molar-refractivity contribution < 1.29 is 22.0 Å². The molecule has 0 heterocycles. The molecule has 182 valence electrons. The van der Waals surface area contributed by atoms with E-state index in [2.05, 4.69) is 0 Å². The molecule has 0 amide bonds. The van der Waals surface area contributed by atoms with Crippen LogP contribution in [-0.4, -0.2) is 0 Å². The molecule has 4 aromatic rings. The fourth-order valence-electron chi connectivity index (χ4n) is 4.40. The van der Waals surface area contributed by atoms with Crippen LogP contribution in [-0.2, 0) is 32.1 Å². The molecule has 0 aliphatic carbocycles. The van der Waals surface area contributed by atoms with E-state index in [9.17, 15) is 17.6 Å². The van der Waals surface area contributed by atoms with Crippen LogP contribution in [0.15, 0.2) is 60.7 Å². The number of hydrogen-bond acceptors (Lipinski definition) is 0. The van der Waals surface area contributed by atoms with Crippen LogP contribution in [0.2, 0.25) is 0 Å². The molecule has 0 saturated carbocycles. The molecule has 4 rings (SSSR count). The van der Waals surface area contributed by atoms with E-state index >= 15 is 4.39 Å². The lowest BCUT2D eigenvalue weighted by atomic mass is 9.96. The average molecular weight is 483 g/mol. The Morgan fingerprint density at radius 3 is 1.91 bits per heavy atom. The Hall–Kier alpha value is -3.21. The van der Waals surface area contributed by atoms with Crippen molar-refractivity contribution in [2.45, 2.75) is 51.9 Å². The highest BCUT2D eigenvalue weighted by molar-refractivity contribution is 5.84. The maximum atomic E-state index is 15.1. The van der Waals surface area contributed by atoms with E-state index in [-0.39, 0.29) is 17.8 Å². The Labute approximate surface area is 202 Å². The van der Waals surface area contributed by atoms with Crippen LogP contribution >= 0.6 is 0 Å². The summed E-state index contributed by atoms with van der Waals surface area (Å²) in [5.74, 6) is -3.21. The summed E-state index contributed by atoms with van der Waals surface area (Å²) in [6.07, 6.45) is 3.88. The summed E-state index contributed by atoms with van der Waals surface area (Å²) in [6.45, 7) is 2.04. The number of hydrogen-bond donors (Lipinski definition) is 0. The Bertz CT molecular complexity index is 1320. The molecule has 0 aliphatic rings. The largest absolute Gasteiger partial charge is 0.207 e. The molecule has 0 nitrogen and oxygen atoms in total. The highest BCUT2D eigenvalue weighted by Gasteiger charge is 2.13. The molecule has 5 heteroatoms. The van der Waals surface area contributed by atoms with Gasteiger partial charge in [0.05, 0.1) is 0 Å². The number of aryl methyl sites for hydroxylation is 4. The van der Waals surface area contributed by atoms with Gasteiger partial charge in [0.25, 0.3) is 0 Å². The van der Waals surface area contributed by atoms with Gasteiger partial charge in [-0.25, -0.2) is 22.0 Å². The van der Waals surface area contributed by atoms with Gasteiger partial charge in [-0.2, -0.15) is 0 Å². The standard InChI is InChI=1S/C30H27F5/c1-2-3-4-21-17-27(32)25(28(33)18-21)13-7-19-6-12-24-23(15-19)11-10-22(30(24)35)9-5-20-8-14-26(31)29(34)16-20/h6,8,10-12,14-18H,2-5,7,9,13H2,1H3. The summed E-state index contributed by atoms with van der Waals surface area (Å²) in [5.41, 5.74) is 2.69. The van der Waals surface area contributed by atoms with Gasteiger partial charge in [-0.3, -0.25) is 0 Å². The fraction of sp³-hybridized carbons (Fsp3) is 0.267.